The minimum Gasteiger partial charge on any atom is -0.482 e. The Labute approximate surface area is 349 Å². The van der Waals surface area contributed by atoms with Gasteiger partial charge in [-0.2, -0.15) is 0 Å². The number of ether oxygens (including phenoxy) is 4. The molecule has 3 aromatic carbocycles. The molecule has 326 valence electrons. The maximum atomic E-state index is 13.4. The SMILES string of the molecule is CC(C)(C)OC(=O)COc1cccc2c1CCCCC2N.CC(C)(C)OC(=O)COc1cccc2c1CCCCC2NS(=O)(=O)c1cc(S(C)(=O)=O)cc(S(C)(=O)=O)c1. The Kier molecular flexibility index (Phi) is 15.4. The fourth-order valence-electron chi connectivity index (χ4n) is 6.79. The number of nitrogens with two attached hydrogens (primary N) is 1. The third-order valence-corrected chi connectivity index (χ3v) is 13.0. The molecule has 2 atom stereocenters. The number of sulfone groups is 2. The maximum Gasteiger partial charge on any atom is 0.344 e. The van der Waals surface area contributed by atoms with Crippen LogP contribution in [0.15, 0.2) is 69.3 Å². The number of carbonyl (C=O) groups excluding carboxylic acids is 2. The van der Waals surface area contributed by atoms with Crippen LogP contribution in [-0.2, 0) is 61.6 Å². The molecule has 0 radical (unpaired) electrons. The highest BCUT2D eigenvalue weighted by atomic mass is 32.2. The molecule has 5 rings (SSSR count). The zero-order chi connectivity index (χ0) is 44.0. The first kappa shape index (κ1) is 47.6. The average molecular weight is 879 g/mol. The van der Waals surface area contributed by atoms with Crippen molar-refractivity contribution in [2.24, 2.45) is 5.73 Å². The summed E-state index contributed by atoms with van der Waals surface area (Å²) in [5.41, 5.74) is 8.76. The zero-order valence-electron chi connectivity index (χ0n) is 35.1. The van der Waals surface area contributed by atoms with Gasteiger partial charge < -0.3 is 24.7 Å². The van der Waals surface area contributed by atoms with Gasteiger partial charge in [-0.1, -0.05) is 37.1 Å². The smallest absolute Gasteiger partial charge is 0.344 e. The first-order valence-electron chi connectivity index (χ1n) is 19.5. The molecule has 14 nitrogen and oxygen atoms in total. The van der Waals surface area contributed by atoms with Crippen molar-refractivity contribution in [2.45, 2.75) is 131 Å². The van der Waals surface area contributed by atoms with Crippen LogP contribution in [0.3, 0.4) is 0 Å². The van der Waals surface area contributed by atoms with Crippen LogP contribution in [0.1, 0.15) is 114 Å². The van der Waals surface area contributed by atoms with Gasteiger partial charge in [0.15, 0.2) is 32.9 Å². The number of carbonyl (C=O) groups is 2. The van der Waals surface area contributed by atoms with Gasteiger partial charge in [0.2, 0.25) is 10.0 Å². The van der Waals surface area contributed by atoms with Crippen LogP contribution in [-0.4, -0.2) is 74.1 Å². The number of benzene rings is 3. The summed E-state index contributed by atoms with van der Waals surface area (Å²) in [6.45, 7) is 10.4. The largest absolute Gasteiger partial charge is 0.482 e. The van der Waals surface area contributed by atoms with E-state index in [1.807, 2.05) is 32.9 Å². The Morgan fingerprint density at radius 2 is 1.07 bits per heavy atom. The second-order valence-electron chi connectivity index (χ2n) is 16.9. The standard InChI is InChI=1S/C25H33NO9S3.C17H25NO3/c1-25(2,3)35-24(27)16-34-23-12-8-10-20-21(23)9-6-7-11-22(20)26-38(32,33)19-14-17(36(4,28)29)13-18(15-19)37(5,30)31;1-17(2,3)21-16(19)11-20-15-10-6-8-12-13(15)7-4-5-9-14(12)18/h8,10,12-15,22,26H,6-7,9,11,16H2,1-5H3;6,8,10,14H,4-5,7,9,11,18H2,1-3H3. The van der Waals surface area contributed by atoms with Crippen molar-refractivity contribution in [1.29, 1.82) is 0 Å². The number of fused-ring (bicyclic) bond motifs is 2. The highest BCUT2D eigenvalue weighted by molar-refractivity contribution is 7.92. The lowest BCUT2D eigenvalue weighted by Crippen LogP contribution is -2.29. The van der Waals surface area contributed by atoms with Gasteiger partial charge in [-0.25, -0.2) is 39.6 Å². The normalized spacial score (nSPS) is 17.4. The molecular weight excluding hydrogens is 821 g/mol. The van der Waals surface area contributed by atoms with E-state index >= 15 is 0 Å². The summed E-state index contributed by atoms with van der Waals surface area (Å²) < 4.78 is 100. The van der Waals surface area contributed by atoms with Gasteiger partial charge in [-0.15, -0.1) is 0 Å². The minimum atomic E-state index is -4.34. The molecule has 17 heteroatoms. The Balaban J connectivity index is 0.000000308. The van der Waals surface area contributed by atoms with Crippen LogP contribution < -0.4 is 19.9 Å². The van der Waals surface area contributed by atoms with E-state index < -0.39 is 67.6 Å². The molecule has 0 saturated carbocycles. The number of hydrogen-bond donors (Lipinski definition) is 2. The predicted octanol–water partition coefficient (Wildman–Crippen LogP) is 6.09. The number of nitrogens with one attached hydrogen (secondary N) is 1. The Morgan fingerprint density at radius 3 is 1.53 bits per heavy atom. The average Bonchev–Trinajstić information content (AvgIpc) is 3.43. The Hall–Kier alpha value is -4.03. The van der Waals surface area contributed by atoms with Crippen molar-refractivity contribution < 1.29 is 53.8 Å². The van der Waals surface area contributed by atoms with Crippen molar-refractivity contribution in [2.75, 3.05) is 25.7 Å². The second kappa shape index (κ2) is 19.1. The van der Waals surface area contributed by atoms with Gasteiger partial charge >= 0.3 is 11.9 Å². The number of sulfonamides is 1. The van der Waals surface area contributed by atoms with Gasteiger partial charge in [-0.3, -0.25) is 0 Å². The highest BCUT2D eigenvalue weighted by Gasteiger charge is 2.29. The molecule has 2 aliphatic rings. The lowest BCUT2D eigenvalue weighted by atomic mass is 9.99. The molecule has 0 saturated heterocycles. The van der Waals surface area contributed by atoms with Gasteiger partial charge in [0.25, 0.3) is 0 Å². The molecule has 0 fully saturated rings. The van der Waals surface area contributed by atoms with E-state index in [4.69, 9.17) is 24.7 Å². The quantitative estimate of drug-likeness (QED) is 0.165. The molecule has 0 aromatic heterocycles. The van der Waals surface area contributed by atoms with Crippen molar-refractivity contribution in [1.82, 2.24) is 4.72 Å². The van der Waals surface area contributed by atoms with Crippen LogP contribution >= 0.6 is 0 Å². The highest BCUT2D eigenvalue weighted by Crippen LogP contribution is 2.36. The van der Waals surface area contributed by atoms with Gasteiger partial charge in [0, 0.05) is 24.6 Å². The summed E-state index contributed by atoms with van der Waals surface area (Å²) in [6, 6.07) is 13.3. The van der Waals surface area contributed by atoms with E-state index in [1.165, 1.54) is 0 Å². The first-order valence-corrected chi connectivity index (χ1v) is 24.8. The minimum absolute atomic E-state index is 0.0626. The van der Waals surface area contributed by atoms with E-state index in [0.29, 0.717) is 30.6 Å². The topological polar surface area (TPSA) is 212 Å². The summed E-state index contributed by atoms with van der Waals surface area (Å²) in [7, 11) is -12.1. The van der Waals surface area contributed by atoms with Gasteiger partial charge in [0.1, 0.15) is 22.7 Å². The fourth-order valence-corrected chi connectivity index (χ4v) is 9.70. The summed E-state index contributed by atoms with van der Waals surface area (Å²) in [5, 5.41) is 0. The maximum absolute atomic E-state index is 13.4. The lowest BCUT2D eigenvalue weighted by molar-refractivity contribution is -0.158. The Bertz CT molecular complexity index is 2280. The van der Waals surface area contributed by atoms with Crippen molar-refractivity contribution in [3.63, 3.8) is 0 Å². The Morgan fingerprint density at radius 1 is 0.644 bits per heavy atom. The zero-order valence-corrected chi connectivity index (χ0v) is 37.6. The van der Waals surface area contributed by atoms with E-state index in [-0.39, 0.29) is 25.2 Å². The summed E-state index contributed by atoms with van der Waals surface area (Å²) in [5.74, 6) is 0.319. The molecule has 0 spiro atoms. The van der Waals surface area contributed by atoms with E-state index in [2.05, 4.69) is 10.8 Å². The molecule has 59 heavy (non-hydrogen) atoms. The summed E-state index contributed by atoms with van der Waals surface area (Å²) >= 11 is 0. The molecule has 2 unspecified atom stereocenters. The number of hydrogen-bond acceptors (Lipinski definition) is 13. The summed E-state index contributed by atoms with van der Waals surface area (Å²) in [4.78, 5) is 22.6. The fraction of sp³-hybridized carbons (Fsp3) is 0.524. The number of esters is 2. The molecule has 3 aromatic rings. The van der Waals surface area contributed by atoms with Crippen LogP contribution in [0.2, 0.25) is 0 Å². The van der Waals surface area contributed by atoms with Crippen molar-refractivity contribution in [3.05, 3.63) is 76.9 Å². The van der Waals surface area contributed by atoms with Crippen molar-refractivity contribution in [3.8, 4) is 11.5 Å². The molecular formula is C42H58N2O12S3. The third kappa shape index (κ3) is 14.3. The second-order valence-corrected chi connectivity index (χ2v) is 22.6. The first-order chi connectivity index (χ1) is 27.2. The number of rotatable bonds is 11. The molecule has 3 N–H and O–H groups in total. The van der Waals surface area contributed by atoms with Crippen LogP contribution in [0.5, 0.6) is 11.5 Å². The van der Waals surface area contributed by atoms with E-state index in [1.54, 1.807) is 39.0 Å². The van der Waals surface area contributed by atoms with Gasteiger partial charge in [0.05, 0.1) is 14.7 Å². The lowest BCUT2D eigenvalue weighted by Gasteiger charge is -2.22. The van der Waals surface area contributed by atoms with Gasteiger partial charge in [-0.05, 0) is 133 Å². The molecule has 0 aliphatic heterocycles. The van der Waals surface area contributed by atoms with Crippen molar-refractivity contribution >= 4 is 41.6 Å². The third-order valence-electron chi connectivity index (χ3n) is 9.32. The predicted molar refractivity (Wildman–Crippen MR) is 223 cm³/mol. The molecule has 0 amide bonds. The van der Waals surface area contributed by atoms with Crippen LogP contribution in [0.25, 0.3) is 0 Å². The molecule has 2 aliphatic carbocycles. The summed E-state index contributed by atoms with van der Waals surface area (Å²) in [6.07, 6.45) is 8.42. The molecule has 0 bridgehead atoms. The monoisotopic (exact) mass is 878 g/mol. The van der Waals surface area contributed by atoms with Crippen LogP contribution in [0.4, 0.5) is 0 Å². The van der Waals surface area contributed by atoms with E-state index in [9.17, 15) is 34.8 Å². The molecule has 0 heterocycles. The van der Waals surface area contributed by atoms with Crippen LogP contribution in [0, 0.1) is 0 Å². The van der Waals surface area contributed by atoms with E-state index in [0.717, 1.165) is 85.3 Å².